The quantitative estimate of drug-likeness (QED) is 0.205. The smallest absolute Gasteiger partial charge is 0.322 e. The zero-order valence-electron chi connectivity index (χ0n) is 22.5. The summed E-state index contributed by atoms with van der Waals surface area (Å²) in [5, 5.41) is 5.52. The van der Waals surface area contributed by atoms with Crippen LogP contribution in [0, 0.1) is 12.8 Å². The Morgan fingerprint density at radius 1 is 1.12 bits per heavy atom. The van der Waals surface area contributed by atoms with Gasteiger partial charge in [0.15, 0.2) is 0 Å². The number of aryl methyl sites for hydroxylation is 1. The van der Waals surface area contributed by atoms with Gasteiger partial charge in [-0.15, -0.1) is 0 Å². The summed E-state index contributed by atoms with van der Waals surface area (Å²) in [6.45, 7) is 4.05. The van der Waals surface area contributed by atoms with Crippen LogP contribution >= 0.6 is 0 Å². The van der Waals surface area contributed by atoms with E-state index in [0.717, 1.165) is 30.7 Å². The second kappa shape index (κ2) is 12.2. The molecule has 41 heavy (non-hydrogen) atoms. The molecule has 2 heterocycles. The number of allylic oxidation sites excluding steroid dienone is 1. The van der Waals surface area contributed by atoms with Crippen LogP contribution in [-0.2, 0) is 16.6 Å². The average molecular weight is 564 g/mol. The number of aliphatic imine (C=N–C) groups is 1. The number of carbonyl (C=O) groups excluding carboxylic acids is 2. The fraction of sp³-hybridized carbons (Fsp3) is 0.233. The van der Waals surface area contributed by atoms with Gasteiger partial charge in [-0.25, -0.2) is 4.98 Å². The van der Waals surface area contributed by atoms with E-state index >= 15 is 0 Å². The van der Waals surface area contributed by atoms with Crippen molar-refractivity contribution in [3.63, 3.8) is 0 Å². The lowest BCUT2D eigenvalue weighted by Crippen LogP contribution is -2.18. The van der Waals surface area contributed by atoms with Gasteiger partial charge in [0.25, 0.3) is 11.5 Å². The number of hydrogen-bond acceptors (Lipinski definition) is 5. The van der Waals surface area contributed by atoms with Gasteiger partial charge >= 0.3 is 6.18 Å². The highest BCUT2D eigenvalue weighted by atomic mass is 19.4. The number of nitrogens with one attached hydrogen (secondary N) is 2. The van der Waals surface area contributed by atoms with Crippen LogP contribution in [0.2, 0.25) is 0 Å². The van der Waals surface area contributed by atoms with E-state index < -0.39 is 18.6 Å². The summed E-state index contributed by atoms with van der Waals surface area (Å²) in [4.78, 5) is 45.4. The lowest BCUT2D eigenvalue weighted by Gasteiger charge is -2.15. The average Bonchev–Trinajstić information content (AvgIpc) is 3.77. The molecular formula is C30H28F3N5O3. The highest BCUT2D eigenvalue weighted by Gasteiger charge is 2.30. The molecule has 4 rings (SSSR count). The van der Waals surface area contributed by atoms with Crippen molar-refractivity contribution in [1.29, 1.82) is 0 Å². The minimum absolute atomic E-state index is 0.0180. The molecule has 1 aliphatic rings. The predicted molar refractivity (Wildman–Crippen MR) is 153 cm³/mol. The summed E-state index contributed by atoms with van der Waals surface area (Å²) >= 11 is 0. The molecule has 0 aliphatic heterocycles. The molecular weight excluding hydrogens is 535 g/mol. The van der Waals surface area contributed by atoms with E-state index in [1.54, 1.807) is 43.6 Å². The van der Waals surface area contributed by atoms with Crippen molar-refractivity contribution in [2.24, 2.45) is 18.0 Å². The monoisotopic (exact) mass is 563 g/mol. The zero-order valence-corrected chi connectivity index (χ0v) is 22.5. The van der Waals surface area contributed by atoms with Crippen molar-refractivity contribution >= 4 is 29.5 Å². The first kappa shape index (κ1) is 29.2. The highest BCUT2D eigenvalue weighted by Crippen LogP contribution is 2.32. The first-order valence-electron chi connectivity index (χ1n) is 12.7. The molecule has 0 unspecified atom stereocenters. The largest absolute Gasteiger partial charge is 0.407 e. The van der Waals surface area contributed by atoms with E-state index in [0.29, 0.717) is 33.9 Å². The minimum Gasteiger partial charge on any atom is -0.322 e. The van der Waals surface area contributed by atoms with Gasteiger partial charge in [-0.2, -0.15) is 13.2 Å². The molecule has 2 aromatic heterocycles. The first-order chi connectivity index (χ1) is 19.4. The summed E-state index contributed by atoms with van der Waals surface area (Å²) in [5.74, 6) is -0.248. The molecule has 212 valence electrons. The standard InChI is InChI=1S/C30H28F3N5O3/c1-4-19(9-11-34-17-30(31,32)33)28(40)36-23-8-5-18(2)24(16-23)22-13-25(38(3)27(39)15-22)21-10-12-35-26(14-21)37-29(41)20-6-7-20/h4-5,8-16,20H,1,6-7,17H2,2-3H3,(H,36,40)(H,35,37,41)/b19-9+,34-11?. The van der Waals surface area contributed by atoms with E-state index in [1.807, 2.05) is 13.0 Å². The number of benzene rings is 1. The molecule has 0 saturated heterocycles. The number of carbonyl (C=O) groups is 2. The molecule has 1 fully saturated rings. The lowest BCUT2D eigenvalue weighted by molar-refractivity contribution is -0.118. The lowest BCUT2D eigenvalue weighted by atomic mass is 9.98. The van der Waals surface area contributed by atoms with E-state index in [2.05, 4.69) is 27.2 Å². The Hall–Kier alpha value is -4.80. The summed E-state index contributed by atoms with van der Waals surface area (Å²) in [7, 11) is 1.65. The number of pyridine rings is 2. The molecule has 0 atom stereocenters. The van der Waals surface area contributed by atoms with Gasteiger partial charge in [0.2, 0.25) is 5.91 Å². The maximum Gasteiger partial charge on any atom is 0.407 e. The van der Waals surface area contributed by atoms with Crippen LogP contribution in [0.15, 0.2) is 82.8 Å². The second-order valence-corrected chi connectivity index (χ2v) is 9.63. The Balaban J connectivity index is 1.61. The number of amides is 2. The van der Waals surface area contributed by atoms with Gasteiger partial charge in [-0.05, 0) is 72.9 Å². The Bertz CT molecular complexity index is 1620. The van der Waals surface area contributed by atoms with Gasteiger partial charge in [0.1, 0.15) is 12.4 Å². The van der Waals surface area contributed by atoms with Crippen molar-refractivity contribution in [3.8, 4) is 22.4 Å². The van der Waals surface area contributed by atoms with Crippen LogP contribution < -0.4 is 16.2 Å². The van der Waals surface area contributed by atoms with Crippen LogP contribution in [0.25, 0.3) is 22.4 Å². The Morgan fingerprint density at radius 2 is 1.88 bits per heavy atom. The van der Waals surface area contributed by atoms with Crippen LogP contribution in [0.4, 0.5) is 24.7 Å². The SMILES string of the molecule is C=C/C(=C\C=NCC(F)(F)F)C(=O)Nc1ccc(C)c(-c2cc(-c3ccnc(NC(=O)C4CC4)c3)n(C)c(=O)c2)c1. The number of anilines is 2. The minimum atomic E-state index is -4.44. The van der Waals surface area contributed by atoms with E-state index in [1.165, 1.54) is 16.7 Å². The summed E-state index contributed by atoms with van der Waals surface area (Å²) in [5.41, 5.74) is 3.59. The van der Waals surface area contributed by atoms with E-state index in [4.69, 9.17) is 0 Å². The van der Waals surface area contributed by atoms with Gasteiger partial charge in [-0.1, -0.05) is 18.7 Å². The van der Waals surface area contributed by atoms with Gasteiger partial charge in [-0.3, -0.25) is 19.4 Å². The molecule has 2 N–H and O–H groups in total. The first-order valence-corrected chi connectivity index (χ1v) is 12.7. The number of nitrogens with zero attached hydrogens (tertiary/aromatic N) is 3. The molecule has 0 bridgehead atoms. The molecule has 11 heteroatoms. The van der Waals surface area contributed by atoms with Crippen molar-refractivity contribution in [2.75, 3.05) is 17.2 Å². The summed E-state index contributed by atoms with van der Waals surface area (Å²) < 4.78 is 38.4. The second-order valence-electron chi connectivity index (χ2n) is 9.63. The van der Waals surface area contributed by atoms with E-state index in [-0.39, 0.29) is 23.0 Å². The maximum atomic E-state index is 13.0. The molecule has 1 saturated carbocycles. The van der Waals surface area contributed by atoms with Crippen LogP contribution in [0.3, 0.4) is 0 Å². The highest BCUT2D eigenvalue weighted by molar-refractivity contribution is 6.08. The van der Waals surface area contributed by atoms with Crippen molar-refractivity contribution < 1.29 is 22.8 Å². The molecule has 1 aromatic carbocycles. The third-order valence-electron chi connectivity index (χ3n) is 6.44. The van der Waals surface area contributed by atoms with Gasteiger partial charge in [0, 0.05) is 48.3 Å². The van der Waals surface area contributed by atoms with Crippen LogP contribution in [0.1, 0.15) is 18.4 Å². The molecule has 1 aliphatic carbocycles. The Kier molecular flexibility index (Phi) is 8.65. The van der Waals surface area contributed by atoms with Crippen molar-refractivity contribution in [3.05, 3.63) is 88.9 Å². The summed E-state index contributed by atoms with van der Waals surface area (Å²) in [6.07, 6.45) is 2.12. The maximum absolute atomic E-state index is 13.0. The fourth-order valence-corrected chi connectivity index (χ4v) is 4.04. The number of rotatable bonds is 9. The summed E-state index contributed by atoms with van der Waals surface area (Å²) in [6, 6.07) is 11.9. The molecule has 3 aromatic rings. The van der Waals surface area contributed by atoms with Gasteiger partial charge < -0.3 is 15.2 Å². The number of hydrogen-bond donors (Lipinski definition) is 2. The van der Waals surface area contributed by atoms with Crippen molar-refractivity contribution in [2.45, 2.75) is 25.9 Å². The zero-order chi connectivity index (χ0) is 29.7. The van der Waals surface area contributed by atoms with E-state index in [9.17, 15) is 27.6 Å². The van der Waals surface area contributed by atoms with Crippen LogP contribution in [0.5, 0.6) is 0 Å². The number of halogens is 3. The normalized spacial score (nSPS) is 13.7. The third-order valence-corrected chi connectivity index (χ3v) is 6.44. The molecule has 0 spiro atoms. The molecule has 0 radical (unpaired) electrons. The number of alkyl halides is 3. The van der Waals surface area contributed by atoms with Gasteiger partial charge in [0.05, 0.1) is 5.69 Å². The number of aromatic nitrogens is 2. The molecule has 8 nitrogen and oxygen atoms in total. The fourth-order valence-electron chi connectivity index (χ4n) is 4.04. The molecule has 2 amide bonds. The van der Waals surface area contributed by atoms with Crippen molar-refractivity contribution in [1.82, 2.24) is 9.55 Å². The van der Waals surface area contributed by atoms with Crippen LogP contribution in [-0.4, -0.2) is 40.3 Å². The Labute approximate surface area is 234 Å². The third kappa shape index (κ3) is 7.65. The predicted octanol–water partition coefficient (Wildman–Crippen LogP) is 5.46. The Morgan fingerprint density at radius 3 is 2.56 bits per heavy atom. The topological polar surface area (TPSA) is 105 Å².